The molecule has 0 spiro atoms. The van der Waals surface area contributed by atoms with Crippen LogP contribution in [0.25, 0.3) is 0 Å². The molecule has 0 unspecified atom stereocenters. The van der Waals surface area contributed by atoms with Crippen molar-refractivity contribution in [2.24, 2.45) is 12.0 Å². The number of benzene rings is 1. The maximum atomic E-state index is 13.7. The highest BCUT2D eigenvalue weighted by molar-refractivity contribution is 5.79. The number of aliphatic imine (C=N–C) groups is 1. The number of rotatable bonds is 11. The van der Waals surface area contributed by atoms with Crippen LogP contribution in [0.15, 0.2) is 29.3 Å². The minimum absolute atomic E-state index is 0.249. The summed E-state index contributed by atoms with van der Waals surface area (Å²) >= 11 is 0. The van der Waals surface area contributed by atoms with E-state index < -0.39 is 0 Å². The van der Waals surface area contributed by atoms with Crippen molar-refractivity contribution in [3.05, 3.63) is 41.7 Å². The second-order valence-corrected chi connectivity index (χ2v) is 6.54. The van der Waals surface area contributed by atoms with Crippen LogP contribution in [0.4, 0.5) is 4.39 Å². The molecule has 2 rings (SSSR count). The smallest absolute Gasteiger partial charge is 0.194 e. The molecule has 2 aromatic rings. The Kier molecular flexibility index (Phi) is 9.36. The monoisotopic (exact) mass is 406 g/mol. The van der Waals surface area contributed by atoms with Gasteiger partial charge in [0.25, 0.3) is 0 Å². The highest BCUT2D eigenvalue weighted by Crippen LogP contribution is 2.15. The highest BCUT2D eigenvalue weighted by Gasteiger charge is 2.10. The van der Waals surface area contributed by atoms with Crippen LogP contribution >= 0.6 is 0 Å². The number of likely N-dealkylation sites (N-methyl/N-ethyl adjacent to an activating group) is 1. The molecular formula is C20H31FN6O2. The van der Waals surface area contributed by atoms with Crippen molar-refractivity contribution in [2.45, 2.75) is 26.8 Å². The topological polar surface area (TPSA) is 76.8 Å². The number of para-hydroxylation sites is 1. The Morgan fingerprint density at radius 2 is 2.07 bits per heavy atom. The van der Waals surface area contributed by atoms with E-state index in [1.165, 1.54) is 6.07 Å². The van der Waals surface area contributed by atoms with Gasteiger partial charge < -0.3 is 24.3 Å². The summed E-state index contributed by atoms with van der Waals surface area (Å²) in [5.74, 6) is 2.23. The summed E-state index contributed by atoms with van der Waals surface area (Å²) in [6, 6.07) is 6.39. The van der Waals surface area contributed by atoms with Crippen LogP contribution in [-0.2, 0) is 18.3 Å². The third kappa shape index (κ3) is 7.34. The summed E-state index contributed by atoms with van der Waals surface area (Å²) in [6.07, 6.45) is 0.871. The van der Waals surface area contributed by atoms with Gasteiger partial charge in [-0.3, -0.25) is 0 Å². The molecule has 29 heavy (non-hydrogen) atoms. The van der Waals surface area contributed by atoms with Gasteiger partial charge in [-0.2, -0.15) is 0 Å². The molecule has 1 aromatic carbocycles. The number of nitrogens with one attached hydrogen (secondary N) is 1. The molecular weight excluding hydrogens is 375 g/mol. The van der Waals surface area contributed by atoms with Crippen molar-refractivity contribution >= 4 is 5.96 Å². The van der Waals surface area contributed by atoms with Crippen molar-refractivity contribution < 1.29 is 13.9 Å². The summed E-state index contributed by atoms with van der Waals surface area (Å²) in [5, 5.41) is 11.6. The summed E-state index contributed by atoms with van der Waals surface area (Å²) in [5.41, 5.74) is 0. The normalized spacial score (nSPS) is 11.6. The van der Waals surface area contributed by atoms with E-state index >= 15 is 0 Å². The molecule has 0 aliphatic heterocycles. The molecule has 0 fully saturated rings. The van der Waals surface area contributed by atoms with E-state index in [9.17, 15) is 4.39 Å². The molecule has 0 aliphatic rings. The molecule has 9 heteroatoms. The van der Waals surface area contributed by atoms with Crippen LogP contribution < -0.4 is 10.1 Å². The summed E-state index contributed by atoms with van der Waals surface area (Å²) in [6.45, 7) is 7.30. The largest absolute Gasteiger partial charge is 0.489 e. The molecule has 0 bridgehead atoms. The van der Waals surface area contributed by atoms with Gasteiger partial charge in [-0.15, -0.1) is 10.2 Å². The maximum Gasteiger partial charge on any atom is 0.194 e. The lowest BCUT2D eigenvalue weighted by atomic mass is 10.3. The quantitative estimate of drug-likeness (QED) is 0.350. The van der Waals surface area contributed by atoms with Gasteiger partial charge >= 0.3 is 0 Å². The molecule has 1 aromatic heterocycles. The van der Waals surface area contributed by atoms with Crippen LogP contribution in [0.5, 0.6) is 5.75 Å². The Hall–Kier alpha value is -2.68. The first-order chi connectivity index (χ1) is 14.0. The fourth-order valence-electron chi connectivity index (χ4n) is 2.52. The molecule has 0 saturated carbocycles. The number of hydrogen-bond acceptors (Lipinski definition) is 5. The predicted molar refractivity (Wildman–Crippen MR) is 111 cm³/mol. The van der Waals surface area contributed by atoms with Gasteiger partial charge in [-0.1, -0.05) is 12.1 Å². The summed E-state index contributed by atoms with van der Waals surface area (Å²) in [7, 11) is 3.84. The molecule has 0 amide bonds. The predicted octanol–water partition coefficient (Wildman–Crippen LogP) is 2.15. The lowest BCUT2D eigenvalue weighted by Crippen LogP contribution is -2.41. The van der Waals surface area contributed by atoms with Crippen molar-refractivity contribution in [1.82, 2.24) is 25.0 Å². The first-order valence-electron chi connectivity index (χ1n) is 9.82. The van der Waals surface area contributed by atoms with Crippen molar-refractivity contribution in [3.63, 3.8) is 0 Å². The fraction of sp³-hybridized carbons (Fsp3) is 0.550. The Morgan fingerprint density at radius 1 is 1.28 bits per heavy atom. The average molecular weight is 407 g/mol. The van der Waals surface area contributed by atoms with Crippen LogP contribution in [0.3, 0.4) is 0 Å². The Labute approximate surface area is 171 Å². The van der Waals surface area contributed by atoms with Gasteiger partial charge in [-0.05, 0) is 32.4 Å². The zero-order chi connectivity index (χ0) is 21.1. The van der Waals surface area contributed by atoms with Crippen molar-refractivity contribution in [1.29, 1.82) is 0 Å². The first kappa shape index (κ1) is 22.6. The van der Waals surface area contributed by atoms with E-state index in [4.69, 9.17) is 9.47 Å². The zero-order valence-corrected chi connectivity index (χ0v) is 17.7. The highest BCUT2D eigenvalue weighted by atomic mass is 19.1. The Bertz CT molecular complexity index is 780. The number of ether oxygens (including phenoxy) is 2. The van der Waals surface area contributed by atoms with E-state index in [-0.39, 0.29) is 11.6 Å². The lowest BCUT2D eigenvalue weighted by Gasteiger charge is -2.22. The van der Waals surface area contributed by atoms with E-state index in [1.807, 2.05) is 37.4 Å². The first-order valence-corrected chi connectivity index (χ1v) is 9.82. The van der Waals surface area contributed by atoms with E-state index in [2.05, 4.69) is 20.5 Å². The van der Waals surface area contributed by atoms with Gasteiger partial charge in [-0.25, -0.2) is 9.38 Å². The summed E-state index contributed by atoms with van der Waals surface area (Å²) < 4.78 is 26.5. The number of nitrogens with zero attached hydrogens (tertiary/aromatic N) is 5. The molecule has 1 N–H and O–H groups in total. The van der Waals surface area contributed by atoms with Crippen molar-refractivity contribution in [3.8, 4) is 5.75 Å². The van der Waals surface area contributed by atoms with Gasteiger partial charge in [0.2, 0.25) is 0 Å². The molecule has 0 atom stereocenters. The third-order valence-corrected chi connectivity index (χ3v) is 4.39. The standard InChI is InChI=1S/C20H31FN6O2/c1-5-28-13-8-11-22-20(23-15-19-25-24-16(2)27(19)4)26(3)12-14-29-18-10-7-6-9-17(18)21/h6-7,9-10H,5,8,11-15H2,1-4H3,(H,22,23). The SMILES string of the molecule is CCOCCCNC(=NCc1nnc(C)n1C)N(C)CCOc1ccccc1F. The molecule has 0 saturated heterocycles. The van der Waals surface area contributed by atoms with Gasteiger partial charge in [0.1, 0.15) is 19.0 Å². The van der Waals surface area contributed by atoms with Crippen LogP contribution in [0.2, 0.25) is 0 Å². The van der Waals surface area contributed by atoms with Crippen LogP contribution in [-0.4, -0.2) is 65.6 Å². The van der Waals surface area contributed by atoms with Crippen LogP contribution in [0.1, 0.15) is 25.0 Å². The Morgan fingerprint density at radius 3 is 2.76 bits per heavy atom. The summed E-state index contributed by atoms with van der Waals surface area (Å²) in [4.78, 5) is 6.62. The number of aromatic nitrogens is 3. The molecule has 1 heterocycles. The van der Waals surface area contributed by atoms with Gasteiger partial charge in [0.15, 0.2) is 23.4 Å². The van der Waals surface area contributed by atoms with E-state index in [0.29, 0.717) is 32.9 Å². The lowest BCUT2D eigenvalue weighted by molar-refractivity contribution is 0.145. The van der Waals surface area contributed by atoms with E-state index in [1.54, 1.807) is 18.2 Å². The van der Waals surface area contributed by atoms with Gasteiger partial charge in [0.05, 0.1) is 6.54 Å². The molecule has 0 aliphatic carbocycles. The number of hydrogen-bond donors (Lipinski definition) is 1. The molecule has 160 valence electrons. The molecule has 8 nitrogen and oxygen atoms in total. The van der Waals surface area contributed by atoms with Crippen molar-refractivity contribution in [2.75, 3.05) is 40.0 Å². The minimum atomic E-state index is -0.365. The van der Waals surface area contributed by atoms with E-state index in [0.717, 1.165) is 30.6 Å². The number of aryl methyl sites for hydroxylation is 1. The number of halogens is 1. The maximum absolute atomic E-state index is 13.7. The minimum Gasteiger partial charge on any atom is -0.489 e. The Balaban J connectivity index is 1.93. The second kappa shape index (κ2) is 12.0. The third-order valence-electron chi connectivity index (χ3n) is 4.39. The number of guanidine groups is 1. The zero-order valence-electron chi connectivity index (χ0n) is 17.7. The fourth-order valence-corrected chi connectivity index (χ4v) is 2.52. The van der Waals surface area contributed by atoms with Gasteiger partial charge in [0, 0.05) is 33.9 Å². The average Bonchev–Trinajstić information content (AvgIpc) is 3.03. The van der Waals surface area contributed by atoms with Crippen LogP contribution in [0, 0.1) is 12.7 Å². The molecule has 0 radical (unpaired) electrons. The second-order valence-electron chi connectivity index (χ2n) is 6.54.